The topological polar surface area (TPSA) is 99.5 Å². The molecule has 0 aromatic heterocycles. The van der Waals surface area contributed by atoms with Gasteiger partial charge in [-0.2, -0.15) is 0 Å². The van der Waals surface area contributed by atoms with Crippen molar-refractivity contribution in [1.29, 1.82) is 0 Å². The first-order valence-corrected chi connectivity index (χ1v) is 10.1. The number of phenols is 1. The second kappa shape index (κ2) is 6.18. The highest BCUT2D eigenvalue weighted by Gasteiger charge is 2.71. The van der Waals surface area contributed by atoms with E-state index >= 15 is 0 Å². The van der Waals surface area contributed by atoms with Gasteiger partial charge in [-0.15, -0.1) is 0 Å². The van der Waals surface area contributed by atoms with Crippen molar-refractivity contribution < 1.29 is 29.6 Å². The maximum atomic E-state index is 12.8. The third-order valence-corrected chi connectivity index (χ3v) is 7.59. The van der Waals surface area contributed by atoms with Gasteiger partial charge in [0.05, 0.1) is 17.3 Å². The van der Waals surface area contributed by atoms with Crippen molar-refractivity contribution in [3.05, 3.63) is 29.8 Å². The summed E-state index contributed by atoms with van der Waals surface area (Å²) in [6.45, 7) is 7.91. The Morgan fingerprint density at radius 1 is 1.21 bits per heavy atom. The molecule has 3 aliphatic rings. The summed E-state index contributed by atoms with van der Waals surface area (Å²) in [6.07, 6.45) is 0.139. The zero-order chi connectivity index (χ0) is 20.5. The molecule has 7 atom stereocenters. The number of epoxide rings is 1. The number of esters is 1. The summed E-state index contributed by atoms with van der Waals surface area (Å²) < 4.78 is 11.7. The molecule has 1 aromatic carbocycles. The molecule has 0 radical (unpaired) electrons. The average Bonchev–Trinajstić information content (AvgIpc) is 3.20. The third-order valence-electron chi connectivity index (χ3n) is 7.59. The zero-order valence-corrected chi connectivity index (χ0v) is 16.9. The molecule has 1 heterocycles. The number of carbonyl (C=O) groups excluding carboxylic acids is 1. The Bertz CT molecular complexity index is 776. The second-order valence-corrected chi connectivity index (χ2v) is 9.63. The Labute approximate surface area is 165 Å². The Morgan fingerprint density at radius 2 is 1.86 bits per heavy atom. The number of phenolic OH excluding ortho intramolecular Hbond substituents is 1. The Hall–Kier alpha value is -1.63. The average molecular weight is 390 g/mol. The molecule has 28 heavy (non-hydrogen) atoms. The van der Waals surface area contributed by atoms with Crippen molar-refractivity contribution in [2.45, 2.75) is 76.5 Å². The van der Waals surface area contributed by atoms with Crippen LogP contribution in [0.15, 0.2) is 24.3 Å². The lowest BCUT2D eigenvalue weighted by molar-refractivity contribution is -0.152. The van der Waals surface area contributed by atoms with Crippen LogP contribution in [0.1, 0.15) is 57.3 Å². The van der Waals surface area contributed by atoms with Crippen LogP contribution < -0.4 is 0 Å². The Balaban J connectivity index is 1.72. The van der Waals surface area contributed by atoms with Crippen LogP contribution in [0.2, 0.25) is 0 Å². The molecule has 3 N–H and O–H groups in total. The van der Waals surface area contributed by atoms with Gasteiger partial charge in [-0.05, 0) is 61.8 Å². The smallest absolute Gasteiger partial charge is 0.338 e. The Morgan fingerprint density at radius 3 is 2.46 bits per heavy atom. The molecule has 6 heteroatoms. The number of fused-ring (bicyclic) bond motifs is 2. The van der Waals surface area contributed by atoms with Gasteiger partial charge >= 0.3 is 5.97 Å². The molecule has 2 aliphatic carbocycles. The molecule has 6 nitrogen and oxygen atoms in total. The number of aromatic hydroxyl groups is 1. The van der Waals surface area contributed by atoms with E-state index in [1.54, 1.807) is 0 Å². The Kier molecular flexibility index (Phi) is 4.34. The SMILES string of the molecule is CC(C)C1(O)CCC2(C)CC3OC3(C)C(O)C(OC(=O)c3ccc(O)cc3)C21. The molecule has 0 amide bonds. The fourth-order valence-corrected chi connectivity index (χ4v) is 5.59. The van der Waals surface area contributed by atoms with E-state index in [2.05, 4.69) is 6.92 Å². The lowest BCUT2D eigenvalue weighted by Gasteiger charge is -2.45. The summed E-state index contributed by atoms with van der Waals surface area (Å²) in [5, 5.41) is 32.2. The van der Waals surface area contributed by atoms with Gasteiger partial charge in [0.25, 0.3) is 0 Å². The molecule has 1 aliphatic heterocycles. The van der Waals surface area contributed by atoms with Gasteiger partial charge in [0.1, 0.15) is 23.6 Å². The van der Waals surface area contributed by atoms with E-state index in [1.165, 1.54) is 24.3 Å². The van der Waals surface area contributed by atoms with Gasteiger partial charge in [-0.3, -0.25) is 0 Å². The summed E-state index contributed by atoms with van der Waals surface area (Å²) in [5.41, 5.74) is -1.78. The lowest BCUT2D eigenvalue weighted by Crippen LogP contribution is -2.55. The fourth-order valence-electron chi connectivity index (χ4n) is 5.59. The van der Waals surface area contributed by atoms with Crippen molar-refractivity contribution in [1.82, 2.24) is 0 Å². The number of hydrogen-bond acceptors (Lipinski definition) is 6. The van der Waals surface area contributed by atoms with Crippen LogP contribution in [0.5, 0.6) is 5.75 Å². The number of rotatable bonds is 3. The van der Waals surface area contributed by atoms with Crippen molar-refractivity contribution >= 4 is 5.97 Å². The van der Waals surface area contributed by atoms with E-state index < -0.39 is 29.4 Å². The van der Waals surface area contributed by atoms with Crippen LogP contribution in [0.4, 0.5) is 0 Å². The van der Waals surface area contributed by atoms with E-state index in [9.17, 15) is 20.1 Å². The molecular formula is C22H30O6. The first-order chi connectivity index (χ1) is 13.0. The summed E-state index contributed by atoms with van der Waals surface area (Å²) in [4.78, 5) is 12.8. The van der Waals surface area contributed by atoms with E-state index in [1.807, 2.05) is 20.8 Å². The number of aliphatic hydroxyl groups is 2. The molecule has 7 unspecified atom stereocenters. The van der Waals surface area contributed by atoms with Gasteiger partial charge in [0.2, 0.25) is 0 Å². The van der Waals surface area contributed by atoms with Gasteiger partial charge in [0, 0.05) is 5.92 Å². The van der Waals surface area contributed by atoms with E-state index in [-0.39, 0.29) is 29.1 Å². The monoisotopic (exact) mass is 390 g/mol. The second-order valence-electron chi connectivity index (χ2n) is 9.63. The van der Waals surface area contributed by atoms with Gasteiger partial charge in [0.15, 0.2) is 0 Å². The highest BCUT2D eigenvalue weighted by atomic mass is 16.6. The largest absolute Gasteiger partial charge is 0.508 e. The standard InChI is InChI=1S/C22H30O6/c1-12(2)22(26)10-9-20(3)11-15-21(4,28-15)18(24)16(17(20)22)27-19(25)13-5-7-14(23)8-6-13/h5-8,12,15-18,23-24,26H,9-11H2,1-4H3. The molecular weight excluding hydrogens is 360 g/mol. The van der Waals surface area contributed by atoms with Crippen LogP contribution in [0.3, 0.4) is 0 Å². The van der Waals surface area contributed by atoms with E-state index in [0.29, 0.717) is 12.0 Å². The summed E-state index contributed by atoms with van der Waals surface area (Å²) >= 11 is 0. The molecule has 0 spiro atoms. The number of aliphatic hydroxyl groups excluding tert-OH is 1. The zero-order valence-electron chi connectivity index (χ0n) is 16.9. The van der Waals surface area contributed by atoms with Crippen molar-refractivity contribution in [2.24, 2.45) is 17.3 Å². The van der Waals surface area contributed by atoms with E-state index in [4.69, 9.17) is 9.47 Å². The number of carbonyl (C=O) groups is 1. The number of hydrogen-bond donors (Lipinski definition) is 3. The molecule has 1 saturated heterocycles. The minimum Gasteiger partial charge on any atom is -0.508 e. The molecule has 3 fully saturated rings. The van der Waals surface area contributed by atoms with Crippen LogP contribution in [-0.4, -0.2) is 50.8 Å². The molecule has 2 saturated carbocycles. The molecule has 154 valence electrons. The third kappa shape index (κ3) is 2.77. The predicted octanol–water partition coefficient (Wildman–Crippen LogP) is 2.64. The highest BCUT2D eigenvalue weighted by molar-refractivity contribution is 5.89. The predicted molar refractivity (Wildman–Crippen MR) is 102 cm³/mol. The van der Waals surface area contributed by atoms with Gasteiger partial charge in [-0.25, -0.2) is 4.79 Å². The molecule has 0 bridgehead atoms. The van der Waals surface area contributed by atoms with Crippen LogP contribution in [0, 0.1) is 17.3 Å². The minimum absolute atomic E-state index is 0.0375. The maximum absolute atomic E-state index is 12.8. The van der Waals surface area contributed by atoms with E-state index in [0.717, 1.165) is 12.8 Å². The van der Waals surface area contributed by atoms with Gasteiger partial charge < -0.3 is 24.8 Å². The first-order valence-electron chi connectivity index (χ1n) is 10.1. The van der Waals surface area contributed by atoms with Crippen molar-refractivity contribution in [3.8, 4) is 5.75 Å². The maximum Gasteiger partial charge on any atom is 0.338 e. The summed E-state index contributed by atoms with van der Waals surface area (Å²) in [5.74, 6) is -0.939. The summed E-state index contributed by atoms with van der Waals surface area (Å²) in [6, 6.07) is 5.82. The van der Waals surface area contributed by atoms with Crippen molar-refractivity contribution in [3.63, 3.8) is 0 Å². The first kappa shape index (κ1) is 19.7. The lowest BCUT2D eigenvalue weighted by atomic mass is 9.67. The van der Waals surface area contributed by atoms with Crippen LogP contribution >= 0.6 is 0 Å². The highest BCUT2D eigenvalue weighted by Crippen LogP contribution is 2.63. The fraction of sp³-hybridized carbons (Fsp3) is 0.682. The minimum atomic E-state index is -1.03. The quantitative estimate of drug-likeness (QED) is 0.542. The summed E-state index contributed by atoms with van der Waals surface area (Å²) in [7, 11) is 0. The normalized spacial score (nSPS) is 44.5. The van der Waals surface area contributed by atoms with Crippen LogP contribution in [0.25, 0.3) is 0 Å². The molecule has 4 rings (SSSR count). The molecule has 1 aromatic rings. The van der Waals surface area contributed by atoms with Gasteiger partial charge in [-0.1, -0.05) is 20.8 Å². The number of ether oxygens (including phenoxy) is 2. The van der Waals surface area contributed by atoms with Crippen LogP contribution in [-0.2, 0) is 9.47 Å². The van der Waals surface area contributed by atoms with Crippen molar-refractivity contribution in [2.75, 3.05) is 0 Å². The number of benzene rings is 1.